The van der Waals surface area contributed by atoms with Crippen LogP contribution in [0.15, 0.2) is 69.6 Å². The molecule has 1 atom stereocenters. The Balaban J connectivity index is 1.60. The topological polar surface area (TPSA) is 73.1 Å². The molecule has 0 aliphatic heterocycles. The van der Waals surface area contributed by atoms with Crippen molar-refractivity contribution in [3.63, 3.8) is 0 Å². The second-order valence-corrected chi connectivity index (χ2v) is 8.99. The molecule has 2 heterocycles. The zero-order chi connectivity index (χ0) is 23.5. The first-order valence-electron chi connectivity index (χ1n) is 10.7. The Morgan fingerprint density at radius 3 is 2.61 bits per heavy atom. The monoisotopic (exact) mass is 465 g/mol. The van der Waals surface area contributed by atoms with Crippen LogP contribution in [-0.2, 0) is 17.8 Å². The minimum Gasteiger partial charge on any atom is -0.352 e. The van der Waals surface area contributed by atoms with Gasteiger partial charge < -0.3 is 5.32 Å². The fourth-order valence-corrected chi connectivity index (χ4v) is 4.62. The van der Waals surface area contributed by atoms with E-state index in [0.717, 1.165) is 17.4 Å². The van der Waals surface area contributed by atoms with Crippen molar-refractivity contribution in [1.82, 2.24) is 14.5 Å². The van der Waals surface area contributed by atoms with Crippen LogP contribution < -0.4 is 16.6 Å². The number of rotatable bonds is 7. The minimum absolute atomic E-state index is 0.0861. The number of nitrogens with one attached hydrogen (secondary N) is 1. The minimum atomic E-state index is -0.635. The number of benzene rings is 2. The van der Waals surface area contributed by atoms with Crippen molar-refractivity contribution < 1.29 is 9.18 Å². The number of aromatic nitrogens is 2. The fraction of sp³-hybridized carbons (Fsp3) is 0.240. The molecule has 0 aliphatic carbocycles. The Morgan fingerprint density at radius 2 is 1.88 bits per heavy atom. The van der Waals surface area contributed by atoms with Crippen molar-refractivity contribution in [2.45, 2.75) is 39.3 Å². The summed E-state index contributed by atoms with van der Waals surface area (Å²) >= 11 is 1.20. The van der Waals surface area contributed by atoms with Crippen LogP contribution in [0.5, 0.6) is 0 Å². The van der Waals surface area contributed by atoms with E-state index >= 15 is 0 Å². The zero-order valence-corrected chi connectivity index (χ0v) is 19.2. The van der Waals surface area contributed by atoms with Crippen LogP contribution in [0.1, 0.15) is 24.5 Å². The number of fused-ring (bicyclic) bond motifs is 1. The molecule has 0 aliphatic rings. The highest BCUT2D eigenvalue weighted by Gasteiger charge is 2.18. The average molecular weight is 466 g/mol. The van der Waals surface area contributed by atoms with E-state index in [9.17, 15) is 18.8 Å². The molecule has 33 heavy (non-hydrogen) atoms. The quantitative estimate of drug-likeness (QED) is 0.451. The number of amides is 1. The second kappa shape index (κ2) is 9.54. The molecule has 6 nitrogen and oxygen atoms in total. The maximum Gasteiger partial charge on any atom is 0.336 e. The van der Waals surface area contributed by atoms with Gasteiger partial charge in [-0.25, -0.2) is 13.8 Å². The molecule has 0 spiro atoms. The Hall–Kier alpha value is -3.52. The lowest BCUT2D eigenvalue weighted by Crippen LogP contribution is -2.43. The number of halogens is 1. The zero-order valence-electron chi connectivity index (χ0n) is 18.4. The largest absolute Gasteiger partial charge is 0.352 e. The predicted molar refractivity (Wildman–Crippen MR) is 129 cm³/mol. The summed E-state index contributed by atoms with van der Waals surface area (Å²) in [4.78, 5) is 39.1. The maximum atomic E-state index is 13.7. The van der Waals surface area contributed by atoms with Crippen LogP contribution >= 0.6 is 11.3 Å². The number of carbonyl (C=O) groups is 1. The summed E-state index contributed by atoms with van der Waals surface area (Å²) in [6.07, 6.45) is 1.58. The van der Waals surface area contributed by atoms with Gasteiger partial charge in [0, 0.05) is 6.04 Å². The third-order valence-corrected chi connectivity index (χ3v) is 6.46. The molecule has 2 aromatic heterocycles. The smallest absolute Gasteiger partial charge is 0.336 e. The van der Waals surface area contributed by atoms with Crippen LogP contribution in [0.25, 0.3) is 15.9 Å². The van der Waals surface area contributed by atoms with Gasteiger partial charge in [-0.3, -0.25) is 14.2 Å². The lowest BCUT2D eigenvalue weighted by atomic mass is 10.1. The van der Waals surface area contributed by atoms with Gasteiger partial charge in [-0.1, -0.05) is 30.3 Å². The lowest BCUT2D eigenvalue weighted by molar-refractivity contribution is -0.122. The van der Waals surface area contributed by atoms with E-state index in [-0.39, 0.29) is 24.2 Å². The van der Waals surface area contributed by atoms with Crippen LogP contribution in [0, 0.1) is 12.7 Å². The Kier molecular flexibility index (Phi) is 6.55. The van der Waals surface area contributed by atoms with E-state index < -0.39 is 17.1 Å². The molecule has 8 heteroatoms. The fourth-order valence-electron chi connectivity index (χ4n) is 3.80. The maximum absolute atomic E-state index is 13.7. The van der Waals surface area contributed by atoms with Gasteiger partial charge in [-0.15, -0.1) is 11.3 Å². The summed E-state index contributed by atoms with van der Waals surface area (Å²) in [5.41, 5.74) is 1.08. The normalized spacial score (nSPS) is 12.1. The summed E-state index contributed by atoms with van der Waals surface area (Å²) in [5.74, 6) is -0.737. The van der Waals surface area contributed by atoms with Gasteiger partial charge >= 0.3 is 5.69 Å². The van der Waals surface area contributed by atoms with Gasteiger partial charge in [-0.05, 0) is 67.5 Å². The predicted octanol–water partition coefficient (Wildman–Crippen LogP) is 3.80. The molecule has 0 bridgehead atoms. The molecule has 0 saturated carbocycles. The summed E-state index contributed by atoms with van der Waals surface area (Å²) in [6.45, 7) is 3.27. The van der Waals surface area contributed by atoms with Crippen molar-refractivity contribution in [1.29, 1.82) is 0 Å². The van der Waals surface area contributed by atoms with Gasteiger partial charge in [0.05, 0.1) is 11.2 Å². The highest BCUT2D eigenvalue weighted by Crippen LogP contribution is 2.17. The first-order chi connectivity index (χ1) is 15.8. The number of thiophene rings is 1. The van der Waals surface area contributed by atoms with E-state index in [2.05, 4.69) is 5.32 Å². The SMILES string of the molecule is Cc1cc(-n2c(=O)c3sccc3n(CC(=O)NC(C)CCc3ccccc3)c2=O)ccc1F. The van der Waals surface area contributed by atoms with Gasteiger partial charge in [0.15, 0.2) is 0 Å². The summed E-state index contributed by atoms with van der Waals surface area (Å²) in [7, 11) is 0. The second-order valence-electron chi connectivity index (χ2n) is 8.07. The van der Waals surface area contributed by atoms with E-state index in [4.69, 9.17) is 0 Å². The Labute approximate surface area is 193 Å². The van der Waals surface area contributed by atoms with Gasteiger partial charge in [-0.2, -0.15) is 0 Å². The Morgan fingerprint density at radius 1 is 1.12 bits per heavy atom. The molecule has 4 aromatic rings. The Bertz CT molecular complexity index is 1420. The van der Waals surface area contributed by atoms with E-state index in [0.29, 0.717) is 15.8 Å². The van der Waals surface area contributed by atoms with Crippen molar-refractivity contribution in [2.24, 2.45) is 0 Å². The van der Waals surface area contributed by atoms with Crippen molar-refractivity contribution in [2.75, 3.05) is 0 Å². The number of nitrogens with zero attached hydrogens (tertiary/aromatic N) is 2. The van der Waals surface area contributed by atoms with E-state index in [1.54, 1.807) is 18.4 Å². The number of carbonyl (C=O) groups excluding carboxylic acids is 1. The van der Waals surface area contributed by atoms with Crippen molar-refractivity contribution >= 4 is 27.5 Å². The van der Waals surface area contributed by atoms with Crippen LogP contribution in [0.3, 0.4) is 0 Å². The highest BCUT2D eigenvalue weighted by atomic mass is 32.1. The summed E-state index contributed by atoms with van der Waals surface area (Å²) in [5, 5.41) is 4.65. The first kappa shape index (κ1) is 22.7. The molecule has 170 valence electrons. The van der Waals surface area contributed by atoms with Crippen molar-refractivity contribution in [3.8, 4) is 5.69 Å². The van der Waals surface area contributed by atoms with Gasteiger partial charge in [0.25, 0.3) is 5.56 Å². The van der Waals surface area contributed by atoms with Crippen molar-refractivity contribution in [3.05, 3.63) is 97.8 Å². The third-order valence-electron chi connectivity index (χ3n) is 5.57. The number of hydrogen-bond acceptors (Lipinski definition) is 4. The molecule has 1 unspecified atom stereocenters. The molecule has 0 saturated heterocycles. The number of aryl methyl sites for hydroxylation is 2. The molecule has 1 N–H and O–H groups in total. The summed E-state index contributed by atoms with van der Waals surface area (Å²) in [6, 6.07) is 15.7. The van der Waals surface area contributed by atoms with Gasteiger partial charge in [0.2, 0.25) is 5.91 Å². The van der Waals surface area contributed by atoms with Crippen LogP contribution in [-0.4, -0.2) is 21.1 Å². The number of hydrogen-bond donors (Lipinski definition) is 1. The lowest BCUT2D eigenvalue weighted by Gasteiger charge is -2.16. The van der Waals surface area contributed by atoms with Crippen LogP contribution in [0.2, 0.25) is 0 Å². The summed E-state index contributed by atoms with van der Waals surface area (Å²) < 4.78 is 16.4. The molecule has 2 aromatic carbocycles. The molecular weight excluding hydrogens is 441 g/mol. The molecular formula is C25H24FN3O3S. The first-order valence-corrected chi connectivity index (χ1v) is 11.6. The highest BCUT2D eigenvalue weighted by molar-refractivity contribution is 7.17. The standard InChI is InChI=1S/C25H24FN3O3S/c1-16-14-19(10-11-20(16)26)29-24(31)23-21(12-13-33-23)28(25(29)32)15-22(30)27-17(2)8-9-18-6-4-3-5-7-18/h3-7,10-14,17H,8-9,15H2,1-2H3,(H,27,30). The van der Waals surface area contributed by atoms with Gasteiger partial charge in [0.1, 0.15) is 17.1 Å². The molecule has 1 amide bonds. The molecule has 0 fully saturated rings. The average Bonchev–Trinajstić information content (AvgIpc) is 3.29. The molecule has 4 rings (SSSR count). The van der Waals surface area contributed by atoms with E-state index in [1.807, 2.05) is 37.3 Å². The van der Waals surface area contributed by atoms with Crippen LogP contribution in [0.4, 0.5) is 4.39 Å². The molecule has 0 radical (unpaired) electrons. The third kappa shape index (κ3) is 4.80. The van der Waals surface area contributed by atoms with E-state index in [1.165, 1.54) is 39.7 Å².